The van der Waals surface area contributed by atoms with Crippen molar-refractivity contribution in [2.24, 2.45) is 4.99 Å². The molecular weight excluding hydrogens is 394 g/mol. The molecule has 0 spiro atoms. The molecule has 3 heterocycles. The van der Waals surface area contributed by atoms with Gasteiger partial charge in [0, 0.05) is 48.1 Å². The van der Waals surface area contributed by atoms with Crippen molar-refractivity contribution >= 4 is 40.0 Å². The van der Waals surface area contributed by atoms with Crippen LogP contribution in [0.1, 0.15) is 27.5 Å². The van der Waals surface area contributed by atoms with Crippen LogP contribution in [0.4, 0.5) is 0 Å². The van der Waals surface area contributed by atoms with E-state index in [1.54, 1.807) is 22.7 Å². The average Bonchev–Trinajstić information content (AvgIpc) is 3.36. The lowest BCUT2D eigenvalue weighted by Gasteiger charge is -2.10. The second-order valence-corrected chi connectivity index (χ2v) is 9.36. The van der Waals surface area contributed by atoms with E-state index in [9.17, 15) is 0 Å². The maximum Gasteiger partial charge on any atom is 0.191 e. The van der Waals surface area contributed by atoms with Gasteiger partial charge in [-0.05, 0) is 32.9 Å². The van der Waals surface area contributed by atoms with Crippen molar-refractivity contribution in [2.45, 2.75) is 33.6 Å². The molecule has 8 heteroatoms. The van der Waals surface area contributed by atoms with Crippen LogP contribution < -0.4 is 10.6 Å². The molecule has 3 aromatic rings. The van der Waals surface area contributed by atoms with Crippen LogP contribution in [0.15, 0.2) is 27.9 Å². The van der Waals surface area contributed by atoms with Crippen molar-refractivity contribution in [2.75, 3.05) is 19.6 Å². The van der Waals surface area contributed by atoms with Crippen molar-refractivity contribution in [3.63, 3.8) is 0 Å². The van der Waals surface area contributed by atoms with E-state index in [1.165, 1.54) is 9.75 Å². The summed E-state index contributed by atoms with van der Waals surface area (Å²) in [6, 6.07) is 4.35. The molecule has 0 amide bonds. The Labute approximate surface area is 172 Å². The minimum Gasteiger partial charge on any atom is -0.357 e. The molecule has 5 nitrogen and oxygen atoms in total. The number of aliphatic imine (C=N–C) groups is 1. The first kappa shape index (κ1) is 20.0. The first-order valence-corrected chi connectivity index (χ1v) is 11.7. The van der Waals surface area contributed by atoms with E-state index in [-0.39, 0.29) is 0 Å². The predicted octanol–water partition coefficient (Wildman–Crippen LogP) is 4.29. The van der Waals surface area contributed by atoms with E-state index >= 15 is 0 Å². The van der Waals surface area contributed by atoms with Gasteiger partial charge in [0.15, 0.2) is 5.96 Å². The zero-order valence-electron chi connectivity index (χ0n) is 15.9. The molecule has 0 aliphatic rings. The summed E-state index contributed by atoms with van der Waals surface area (Å²) in [5.74, 6) is 0.872. The Morgan fingerprint density at radius 3 is 2.56 bits per heavy atom. The smallest absolute Gasteiger partial charge is 0.191 e. The molecule has 3 rings (SSSR count). The summed E-state index contributed by atoms with van der Waals surface area (Å²) < 4.78 is 0. The van der Waals surface area contributed by atoms with Gasteiger partial charge in [-0.1, -0.05) is 0 Å². The van der Waals surface area contributed by atoms with E-state index in [0.717, 1.165) is 59.8 Å². The summed E-state index contributed by atoms with van der Waals surface area (Å²) in [7, 11) is 0. The summed E-state index contributed by atoms with van der Waals surface area (Å²) in [5.41, 5.74) is 2.23. The van der Waals surface area contributed by atoms with Gasteiger partial charge in [0.05, 0.1) is 26.3 Å². The van der Waals surface area contributed by atoms with Gasteiger partial charge in [-0.25, -0.2) is 9.97 Å². The Kier molecular flexibility index (Phi) is 7.37. The topological polar surface area (TPSA) is 62.2 Å². The zero-order chi connectivity index (χ0) is 19.1. The number of nitrogens with one attached hydrogen (secondary N) is 2. The van der Waals surface area contributed by atoms with Gasteiger partial charge in [0.25, 0.3) is 0 Å². The van der Waals surface area contributed by atoms with Gasteiger partial charge in [-0.2, -0.15) is 0 Å². The number of hydrogen-bond donors (Lipinski definition) is 2. The predicted molar refractivity (Wildman–Crippen MR) is 118 cm³/mol. The molecule has 0 fully saturated rings. The molecule has 27 heavy (non-hydrogen) atoms. The first-order chi connectivity index (χ1) is 13.1. The molecule has 0 aromatic carbocycles. The number of guanidine groups is 1. The molecule has 0 aliphatic carbocycles. The van der Waals surface area contributed by atoms with Crippen molar-refractivity contribution in [3.05, 3.63) is 43.5 Å². The van der Waals surface area contributed by atoms with Crippen LogP contribution in [0.25, 0.3) is 10.6 Å². The Morgan fingerprint density at radius 2 is 1.85 bits per heavy atom. The van der Waals surface area contributed by atoms with Gasteiger partial charge in [0.2, 0.25) is 0 Å². The lowest BCUT2D eigenvalue weighted by atomic mass is 10.3. The Morgan fingerprint density at radius 1 is 1.04 bits per heavy atom. The minimum absolute atomic E-state index is 0.765. The summed E-state index contributed by atoms with van der Waals surface area (Å²) in [4.78, 5) is 16.3. The van der Waals surface area contributed by atoms with Gasteiger partial charge in [-0.15, -0.1) is 34.0 Å². The fourth-order valence-corrected chi connectivity index (χ4v) is 4.87. The number of nitrogens with zero attached hydrogens (tertiary/aromatic N) is 3. The third-order valence-electron chi connectivity index (χ3n) is 3.85. The van der Waals surface area contributed by atoms with Gasteiger partial charge < -0.3 is 10.6 Å². The van der Waals surface area contributed by atoms with Crippen molar-refractivity contribution in [1.29, 1.82) is 0 Å². The summed E-state index contributed by atoms with van der Waals surface area (Å²) in [5, 5.41) is 13.2. The van der Waals surface area contributed by atoms with Gasteiger partial charge in [0.1, 0.15) is 0 Å². The normalized spacial score (nSPS) is 11.7. The molecule has 0 atom stereocenters. The Hall–Kier alpha value is -1.77. The molecule has 0 saturated heterocycles. The van der Waals surface area contributed by atoms with Crippen LogP contribution in [0.3, 0.4) is 0 Å². The molecule has 0 radical (unpaired) electrons. The maximum atomic E-state index is 4.70. The number of rotatable bonds is 8. The monoisotopic (exact) mass is 419 g/mol. The number of hydrogen-bond acceptors (Lipinski definition) is 6. The fraction of sp³-hybridized carbons (Fsp3) is 0.421. The second kappa shape index (κ2) is 9.96. The number of aryl methyl sites for hydroxylation is 2. The molecule has 3 aromatic heterocycles. The van der Waals surface area contributed by atoms with Crippen LogP contribution in [-0.2, 0) is 12.8 Å². The molecule has 144 valence electrons. The number of thiophene rings is 1. The number of aromatic nitrogens is 2. The van der Waals surface area contributed by atoms with Crippen molar-refractivity contribution in [3.8, 4) is 10.6 Å². The molecule has 0 unspecified atom stereocenters. The van der Waals surface area contributed by atoms with Crippen molar-refractivity contribution < 1.29 is 0 Å². The molecule has 0 saturated carbocycles. The van der Waals surface area contributed by atoms with Crippen LogP contribution >= 0.6 is 34.0 Å². The minimum atomic E-state index is 0.765. The van der Waals surface area contributed by atoms with E-state index in [1.807, 2.05) is 25.2 Å². The molecule has 0 aliphatic heterocycles. The van der Waals surface area contributed by atoms with E-state index < -0.39 is 0 Å². The number of thiazole rings is 2. The van der Waals surface area contributed by atoms with Crippen molar-refractivity contribution in [1.82, 2.24) is 20.6 Å². The van der Waals surface area contributed by atoms with Crippen LogP contribution in [0.2, 0.25) is 0 Å². The Bertz CT molecular complexity index is 877. The fourth-order valence-electron chi connectivity index (χ4n) is 2.58. The highest BCUT2D eigenvalue weighted by Crippen LogP contribution is 2.29. The highest BCUT2D eigenvalue weighted by atomic mass is 32.1. The molecule has 0 bridgehead atoms. The van der Waals surface area contributed by atoms with Crippen LogP contribution in [-0.4, -0.2) is 35.6 Å². The largest absolute Gasteiger partial charge is 0.357 e. The Balaban J connectivity index is 1.48. The third kappa shape index (κ3) is 6.12. The standard InChI is InChI=1S/C19H25N5S3/c1-4-20-19(21-9-7-15-11-25-13(2)23-15)22-10-8-16-5-6-18(27-16)17-12-26-14(3)24-17/h5-6,11-12H,4,7-10H2,1-3H3,(H2,20,21,22). The highest BCUT2D eigenvalue weighted by molar-refractivity contribution is 7.16. The lowest BCUT2D eigenvalue weighted by Crippen LogP contribution is -2.38. The second-order valence-electron chi connectivity index (χ2n) is 6.06. The third-order valence-corrected chi connectivity index (χ3v) is 6.61. The highest BCUT2D eigenvalue weighted by Gasteiger charge is 2.06. The quantitative estimate of drug-likeness (QED) is 0.422. The van der Waals surface area contributed by atoms with Gasteiger partial charge >= 0.3 is 0 Å². The first-order valence-electron chi connectivity index (χ1n) is 9.08. The summed E-state index contributed by atoms with van der Waals surface area (Å²) in [6.07, 6.45) is 1.85. The average molecular weight is 420 g/mol. The van der Waals surface area contributed by atoms with E-state index in [2.05, 4.69) is 50.4 Å². The van der Waals surface area contributed by atoms with E-state index in [0.29, 0.717) is 0 Å². The van der Waals surface area contributed by atoms with Crippen LogP contribution in [0, 0.1) is 13.8 Å². The molecule has 2 N–H and O–H groups in total. The SMILES string of the molecule is CCNC(=NCCc1ccc(-c2csc(C)n2)s1)NCCc1csc(C)n1. The maximum absolute atomic E-state index is 4.70. The zero-order valence-corrected chi connectivity index (χ0v) is 18.4. The van der Waals surface area contributed by atoms with Crippen LogP contribution in [0.5, 0.6) is 0 Å². The van der Waals surface area contributed by atoms with E-state index in [4.69, 9.17) is 4.99 Å². The molecular formula is C19H25N5S3. The summed E-state index contributed by atoms with van der Waals surface area (Å²) in [6.45, 7) is 8.62. The van der Waals surface area contributed by atoms with Gasteiger partial charge in [-0.3, -0.25) is 4.99 Å². The lowest BCUT2D eigenvalue weighted by molar-refractivity contribution is 0.788. The summed E-state index contributed by atoms with van der Waals surface area (Å²) >= 11 is 5.20.